The zero-order valence-electron chi connectivity index (χ0n) is 12.2. The van der Waals surface area contributed by atoms with Crippen molar-refractivity contribution in [1.82, 2.24) is 0 Å². The largest absolute Gasteiger partial charge is 0.460 e. The molecule has 0 saturated carbocycles. The maximum Gasteiger partial charge on any atom is 0.460 e. The molecule has 25 heavy (non-hydrogen) atoms. The van der Waals surface area contributed by atoms with E-state index in [0.717, 1.165) is 12.1 Å². The maximum atomic E-state index is 13.4. The third-order valence-corrected chi connectivity index (χ3v) is 3.13. The van der Waals surface area contributed by atoms with E-state index in [0.29, 0.717) is 17.9 Å². The number of hydrogen-bond donors (Lipinski definition) is 0. The smallest absolute Gasteiger partial charge is 0.457 e. The summed E-state index contributed by atoms with van der Waals surface area (Å²) in [5.74, 6) is -14.6. The molecule has 0 amide bonds. The van der Waals surface area contributed by atoms with Gasteiger partial charge in [-0.3, -0.25) is 4.79 Å². The van der Waals surface area contributed by atoms with Gasteiger partial charge in [-0.15, -0.1) is 0 Å². The fourth-order valence-electron chi connectivity index (χ4n) is 1.80. The molecule has 0 aromatic heterocycles. The first-order valence-electron chi connectivity index (χ1n) is 6.67. The number of rotatable bonds is 5. The number of benzene rings is 2. The van der Waals surface area contributed by atoms with Gasteiger partial charge in [0.25, 0.3) is 0 Å². The Bertz CT molecular complexity index is 737. The molecule has 0 saturated heterocycles. The van der Waals surface area contributed by atoms with Gasteiger partial charge in [-0.05, 0) is 36.4 Å². The number of ether oxygens (including phenoxy) is 1. The van der Waals surface area contributed by atoms with Crippen LogP contribution in [0.25, 0.3) is 0 Å². The molecule has 0 aliphatic carbocycles. The third kappa shape index (κ3) is 3.59. The van der Waals surface area contributed by atoms with Crippen LogP contribution in [0, 0.1) is 0 Å². The molecule has 0 heterocycles. The minimum absolute atomic E-state index is 0.0775. The van der Waals surface area contributed by atoms with Gasteiger partial charge < -0.3 is 4.74 Å². The number of ketones is 1. The van der Waals surface area contributed by atoms with Crippen molar-refractivity contribution >= 4 is 5.78 Å². The fourth-order valence-corrected chi connectivity index (χ4v) is 1.80. The van der Waals surface area contributed by atoms with E-state index >= 15 is 0 Å². The second-order valence-corrected chi connectivity index (χ2v) is 4.92. The van der Waals surface area contributed by atoms with Crippen molar-refractivity contribution in [3.63, 3.8) is 0 Å². The highest BCUT2D eigenvalue weighted by Gasteiger charge is 2.76. The van der Waals surface area contributed by atoms with Crippen molar-refractivity contribution < 1.29 is 40.3 Å². The van der Waals surface area contributed by atoms with E-state index in [9.17, 15) is 35.5 Å². The first-order valence-corrected chi connectivity index (χ1v) is 6.67. The summed E-state index contributed by atoms with van der Waals surface area (Å²) >= 11 is 0. The van der Waals surface area contributed by atoms with Crippen LogP contribution in [-0.4, -0.2) is 23.8 Å². The Labute approximate surface area is 136 Å². The third-order valence-electron chi connectivity index (χ3n) is 3.13. The van der Waals surface area contributed by atoms with Gasteiger partial charge in [-0.1, -0.05) is 18.2 Å². The maximum absolute atomic E-state index is 13.4. The Kier molecular flexibility index (Phi) is 4.79. The van der Waals surface area contributed by atoms with Crippen LogP contribution in [-0.2, 0) is 0 Å². The Morgan fingerprint density at radius 3 is 1.68 bits per heavy atom. The van der Waals surface area contributed by atoms with Crippen molar-refractivity contribution in [2.45, 2.75) is 18.0 Å². The standard InChI is InChI=1S/C16H9F7O2/c17-14(18,15(19,20)16(21,22)23)13(24)10-6-8-12(9-7-10)25-11-4-2-1-3-5-11/h1-9H. The van der Waals surface area contributed by atoms with E-state index in [1.807, 2.05) is 0 Å². The normalized spacial score (nSPS) is 12.8. The zero-order valence-corrected chi connectivity index (χ0v) is 12.2. The highest BCUT2D eigenvalue weighted by molar-refractivity contribution is 6.02. The van der Waals surface area contributed by atoms with Crippen LogP contribution in [0.1, 0.15) is 10.4 Å². The minimum atomic E-state index is -6.57. The number of carbonyl (C=O) groups is 1. The van der Waals surface area contributed by atoms with E-state index in [4.69, 9.17) is 4.74 Å². The lowest BCUT2D eigenvalue weighted by atomic mass is 10.00. The summed E-state index contributed by atoms with van der Waals surface area (Å²) in [6.45, 7) is 0. The van der Waals surface area contributed by atoms with Crippen molar-refractivity contribution in [2.75, 3.05) is 0 Å². The van der Waals surface area contributed by atoms with Crippen molar-refractivity contribution in [2.24, 2.45) is 0 Å². The zero-order chi connectivity index (χ0) is 18.9. The molecule has 0 fully saturated rings. The van der Waals surface area contributed by atoms with Crippen LogP contribution in [0.5, 0.6) is 11.5 Å². The van der Waals surface area contributed by atoms with Crippen LogP contribution in [0.4, 0.5) is 30.7 Å². The molecule has 2 aromatic carbocycles. The monoisotopic (exact) mass is 366 g/mol. The molecule has 0 N–H and O–H groups in total. The minimum Gasteiger partial charge on any atom is -0.457 e. The highest BCUT2D eigenvalue weighted by Crippen LogP contribution is 2.47. The Morgan fingerprint density at radius 1 is 0.720 bits per heavy atom. The number of halogens is 7. The fraction of sp³-hybridized carbons (Fsp3) is 0.188. The molecule has 2 aromatic rings. The van der Waals surface area contributed by atoms with E-state index in [-0.39, 0.29) is 5.75 Å². The second kappa shape index (κ2) is 6.38. The molecule has 0 radical (unpaired) electrons. The van der Waals surface area contributed by atoms with Crippen LogP contribution >= 0.6 is 0 Å². The summed E-state index contributed by atoms with van der Waals surface area (Å²) in [7, 11) is 0. The first kappa shape index (κ1) is 18.8. The van der Waals surface area contributed by atoms with Gasteiger partial charge in [0.15, 0.2) is 0 Å². The molecule has 0 spiro atoms. The molecule has 0 bridgehead atoms. The SMILES string of the molecule is O=C(c1ccc(Oc2ccccc2)cc1)C(F)(F)C(F)(F)C(F)(F)F. The Balaban J connectivity index is 2.23. The van der Waals surface area contributed by atoms with Gasteiger partial charge >= 0.3 is 18.0 Å². The predicted octanol–water partition coefficient (Wildman–Crippen LogP) is 5.49. The van der Waals surface area contributed by atoms with E-state index in [1.165, 1.54) is 0 Å². The summed E-state index contributed by atoms with van der Waals surface area (Å²) in [4.78, 5) is 11.5. The Hall–Kier alpha value is -2.58. The lowest BCUT2D eigenvalue weighted by Gasteiger charge is -2.27. The van der Waals surface area contributed by atoms with Crippen LogP contribution in [0.15, 0.2) is 54.6 Å². The molecule has 2 rings (SSSR count). The molecule has 0 atom stereocenters. The number of Topliss-reactive ketones (excluding diaryl/α,β-unsaturated/α-hetero) is 1. The van der Waals surface area contributed by atoms with Gasteiger partial charge in [0.05, 0.1) is 0 Å². The molecule has 2 nitrogen and oxygen atoms in total. The molecular weight excluding hydrogens is 357 g/mol. The average molecular weight is 366 g/mol. The number of para-hydroxylation sites is 1. The topological polar surface area (TPSA) is 26.3 Å². The molecule has 9 heteroatoms. The summed E-state index contributed by atoms with van der Waals surface area (Å²) < 4.78 is 94.1. The molecule has 0 unspecified atom stereocenters. The van der Waals surface area contributed by atoms with E-state index in [1.54, 1.807) is 30.3 Å². The lowest BCUT2D eigenvalue weighted by molar-refractivity contribution is -0.339. The lowest BCUT2D eigenvalue weighted by Crippen LogP contribution is -2.56. The summed E-state index contributed by atoms with van der Waals surface area (Å²) in [6.07, 6.45) is -6.57. The quantitative estimate of drug-likeness (QED) is 0.516. The van der Waals surface area contributed by atoms with Crippen LogP contribution in [0.3, 0.4) is 0 Å². The van der Waals surface area contributed by atoms with Crippen molar-refractivity contribution in [1.29, 1.82) is 0 Å². The van der Waals surface area contributed by atoms with Crippen molar-refractivity contribution in [3.8, 4) is 11.5 Å². The van der Waals surface area contributed by atoms with Gasteiger partial charge in [0.1, 0.15) is 11.5 Å². The van der Waals surface area contributed by atoms with Crippen LogP contribution in [0.2, 0.25) is 0 Å². The Morgan fingerprint density at radius 2 is 1.20 bits per heavy atom. The van der Waals surface area contributed by atoms with Crippen molar-refractivity contribution in [3.05, 3.63) is 60.2 Å². The summed E-state index contributed by atoms with van der Waals surface area (Å²) in [6, 6.07) is 11.5. The molecule has 0 aliphatic heterocycles. The van der Waals surface area contributed by atoms with Gasteiger partial charge in [-0.25, -0.2) is 0 Å². The van der Waals surface area contributed by atoms with Gasteiger partial charge in [0, 0.05) is 5.56 Å². The molecule has 134 valence electrons. The van der Waals surface area contributed by atoms with Gasteiger partial charge in [-0.2, -0.15) is 30.7 Å². The predicted molar refractivity (Wildman–Crippen MR) is 73.2 cm³/mol. The molecule has 0 aliphatic rings. The molecular formula is C16H9F7O2. The second-order valence-electron chi connectivity index (χ2n) is 4.92. The average Bonchev–Trinajstić information content (AvgIpc) is 2.54. The number of hydrogen-bond acceptors (Lipinski definition) is 2. The first-order chi connectivity index (χ1) is 11.5. The number of carbonyl (C=O) groups excluding carboxylic acids is 1. The van der Waals surface area contributed by atoms with E-state index < -0.39 is 29.4 Å². The van der Waals surface area contributed by atoms with Gasteiger partial charge in [0.2, 0.25) is 5.78 Å². The summed E-state index contributed by atoms with van der Waals surface area (Å²) in [5.41, 5.74) is -1.01. The van der Waals surface area contributed by atoms with Crippen LogP contribution < -0.4 is 4.74 Å². The summed E-state index contributed by atoms with van der Waals surface area (Å²) in [5, 5.41) is 0. The van der Waals surface area contributed by atoms with E-state index in [2.05, 4.69) is 0 Å². The number of alkyl halides is 7. The highest BCUT2D eigenvalue weighted by atomic mass is 19.4.